The van der Waals surface area contributed by atoms with Gasteiger partial charge in [0.05, 0.1) is 6.54 Å². The second-order valence-electron chi connectivity index (χ2n) is 6.27. The van der Waals surface area contributed by atoms with Gasteiger partial charge < -0.3 is 15.4 Å². The standard InChI is InChI=1S/C17H26N6O/c1-3-24-11-9-17(7-8-17)13-20-16(18-2)19-12-15-22-21-14-6-4-5-10-23(14)15/h4-6,10H,3,7-9,11-13H2,1-2H3,(H2,18,19,20). The Labute approximate surface area is 142 Å². The molecule has 2 aromatic rings. The van der Waals surface area contributed by atoms with E-state index in [-0.39, 0.29) is 0 Å². The summed E-state index contributed by atoms with van der Waals surface area (Å²) in [5.74, 6) is 1.66. The second kappa shape index (κ2) is 7.61. The first-order chi connectivity index (χ1) is 11.8. The monoisotopic (exact) mass is 330 g/mol. The van der Waals surface area contributed by atoms with Crippen LogP contribution in [-0.4, -0.2) is 47.4 Å². The molecule has 7 nitrogen and oxygen atoms in total. The summed E-state index contributed by atoms with van der Waals surface area (Å²) >= 11 is 0. The Hall–Kier alpha value is -2.15. The van der Waals surface area contributed by atoms with E-state index in [9.17, 15) is 0 Å². The van der Waals surface area contributed by atoms with Crippen molar-refractivity contribution < 1.29 is 4.74 Å². The summed E-state index contributed by atoms with van der Waals surface area (Å²) in [5.41, 5.74) is 1.24. The zero-order valence-electron chi connectivity index (χ0n) is 14.5. The molecule has 0 atom stereocenters. The first-order valence-electron chi connectivity index (χ1n) is 8.57. The Morgan fingerprint density at radius 3 is 2.96 bits per heavy atom. The van der Waals surface area contributed by atoms with Crippen molar-refractivity contribution in [1.29, 1.82) is 0 Å². The molecule has 0 aromatic carbocycles. The van der Waals surface area contributed by atoms with E-state index in [2.05, 4.69) is 25.8 Å². The van der Waals surface area contributed by atoms with Crippen LogP contribution in [0.5, 0.6) is 0 Å². The van der Waals surface area contributed by atoms with Crippen molar-refractivity contribution in [3.05, 3.63) is 30.2 Å². The van der Waals surface area contributed by atoms with Gasteiger partial charge in [-0.15, -0.1) is 10.2 Å². The first kappa shape index (κ1) is 16.7. The van der Waals surface area contributed by atoms with E-state index in [1.54, 1.807) is 7.05 Å². The molecule has 0 radical (unpaired) electrons. The van der Waals surface area contributed by atoms with Crippen LogP contribution >= 0.6 is 0 Å². The van der Waals surface area contributed by atoms with Crippen molar-refractivity contribution in [2.45, 2.75) is 32.7 Å². The number of aromatic nitrogens is 3. The predicted octanol–water partition coefficient (Wildman–Crippen LogP) is 1.60. The Balaban J connectivity index is 1.49. The minimum atomic E-state index is 0.383. The van der Waals surface area contributed by atoms with Gasteiger partial charge in [0.25, 0.3) is 0 Å². The van der Waals surface area contributed by atoms with Crippen molar-refractivity contribution in [3.63, 3.8) is 0 Å². The van der Waals surface area contributed by atoms with Crippen molar-refractivity contribution >= 4 is 11.6 Å². The van der Waals surface area contributed by atoms with Crippen molar-refractivity contribution in [1.82, 2.24) is 25.2 Å². The van der Waals surface area contributed by atoms with Gasteiger partial charge in [0, 0.05) is 33.0 Å². The lowest BCUT2D eigenvalue weighted by atomic mass is 10.0. The maximum Gasteiger partial charge on any atom is 0.191 e. The molecule has 0 aliphatic heterocycles. The van der Waals surface area contributed by atoms with Crippen molar-refractivity contribution in [2.24, 2.45) is 10.4 Å². The normalized spacial score (nSPS) is 16.3. The van der Waals surface area contributed by atoms with Crippen LogP contribution in [0.3, 0.4) is 0 Å². The molecule has 0 amide bonds. The summed E-state index contributed by atoms with van der Waals surface area (Å²) < 4.78 is 7.47. The highest BCUT2D eigenvalue weighted by molar-refractivity contribution is 5.79. The zero-order chi connectivity index (χ0) is 16.8. The lowest BCUT2D eigenvalue weighted by molar-refractivity contribution is 0.128. The third-order valence-corrected chi connectivity index (χ3v) is 4.59. The van der Waals surface area contributed by atoms with Crippen LogP contribution in [0.2, 0.25) is 0 Å². The van der Waals surface area contributed by atoms with Crippen LogP contribution in [0.4, 0.5) is 0 Å². The fraction of sp³-hybridized carbons (Fsp3) is 0.588. The Morgan fingerprint density at radius 2 is 2.21 bits per heavy atom. The molecule has 130 valence electrons. The number of guanidine groups is 1. The molecule has 1 aliphatic rings. The van der Waals surface area contributed by atoms with Gasteiger partial charge in [-0.2, -0.15) is 0 Å². The Bertz CT molecular complexity index is 691. The fourth-order valence-electron chi connectivity index (χ4n) is 2.79. The lowest BCUT2D eigenvalue weighted by Gasteiger charge is -2.18. The highest BCUT2D eigenvalue weighted by atomic mass is 16.5. The van der Waals surface area contributed by atoms with Gasteiger partial charge in [0.1, 0.15) is 0 Å². The SMILES string of the molecule is CCOCCC1(CNC(=NC)NCc2nnc3ccccn23)CC1. The number of hydrogen-bond donors (Lipinski definition) is 2. The fourth-order valence-corrected chi connectivity index (χ4v) is 2.79. The molecule has 0 unspecified atom stereocenters. The van der Waals surface area contributed by atoms with Gasteiger partial charge in [-0.3, -0.25) is 9.39 Å². The summed E-state index contributed by atoms with van der Waals surface area (Å²) in [5, 5.41) is 15.1. The van der Waals surface area contributed by atoms with E-state index in [0.29, 0.717) is 12.0 Å². The predicted molar refractivity (Wildman–Crippen MR) is 94.0 cm³/mol. The van der Waals surface area contributed by atoms with E-state index in [1.807, 2.05) is 35.7 Å². The molecule has 2 N–H and O–H groups in total. The van der Waals surface area contributed by atoms with Gasteiger partial charge in [-0.25, -0.2) is 0 Å². The van der Waals surface area contributed by atoms with Crippen molar-refractivity contribution in [3.8, 4) is 0 Å². The number of rotatable bonds is 8. The number of ether oxygens (including phenoxy) is 1. The molecular formula is C17H26N6O. The Kier molecular flexibility index (Phi) is 5.30. The van der Waals surface area contributed by atoms with Crippen LogP contribution in [0.1, 0.15) is 32.0 Å². The summed E-state index contributed by atoms with van der Waals surface area (Å²) in [6, 6.07) is 5.87. The Morgan fingerprint density at radius 1 is 1.33 bits per heavy atom. The molecule has 3 rings (SSSR count). The molecule has 1 fully saturated rings. The van der Waals surface area contributed by atoms with Gasteiger partial charge in [0.15, 0.2) is 17.4 Å². The maximum atomic E-state index is 5.49. The van der Waals surface area contributed by atoms with Crippen LogP contribution in [0.25, 0.3) is 5.65 Å². The minimum absolute atomic E-state index is 0.383. The summed E-state index contributed by atoms with van der Waals surface area (Å²) in [6.07, 6.45) is 5.60. The molecule has 1 saturated carbocycles. The third kappa shape index (κ3) is 4.03. The number of nitrogens with zero attached hydrogens (tertiary/aromatic N) is 4. The minimum Gasteiger partial charge on any atom is -0.382 e. The number of nitrogens with one attached hydrogen (secondary N) is 2. The van der Waals surface area contributed by atoms with Crippen LogP contribution < -0.4 is 10.6 Å². The average Bonchev–Trinajstić information content (AvgIpc) is 3.26. The largest absolute Gasteiger partial charge is 0.382 e. The van der Waals surface area contributed by atoms with Crippen molar-refractivity contribution in [2.75, 3.05) is 26.8 Å². The highest BCUT2D eigenvalue weighted by Crippen LogP contribution is 2.48. The summed E-state index contributed by atoms with van der Waals surface area (Å²) in [4.78, 5) is 4.30. The smallest absolute Gasteiger partial charge is 0.191 e. The third-order valence-electron chi connectivity index (χ3n) is 4.59. The van der Waals surface area contributed by atoms with E-state index in [4.69, 9.17) is 4.74 Å². The van der Waals surface area contributed by atoms with E-state index in [0.717, 1.165) is 43.6 Å². The summed E-state index contributed by atoms with van der Waals surface area (Å²) in [7, 11) is 1.79. The topological polar surface area (TPSA) is 75.8 Å². The molecule has 0 saturated heterocycles. The highest BCUT2D eigenvalue weighted by Gasteiger charge is 2.41. The van der Waals surface area contributed by atoms with Gasteiger partial charge in [-0.1, -0.05) is 6.07 Å². The van der Waals surface area contributed by atoms with Gasteiger partial charge >= 0.3 is 0 Å². The van der Waals surface area contributed by atoms with E-state index in [1.165, 1.54) is 12.8 Å². The van der Waals surface area contributed by atoms with E-state index < -0.39 is 0 Å². The average molecular weight is 330 g/mol. The van der Waals surface area contributed by atoms with Gasteiger partial charge in [0.2, 0.25) is 0 Å². The van der Waals surface area contributed by atoms with Crippen LogP contribution in [0, 0.1) is 5.41 Å². The quantitative estimate of drug-likeness (QED) is 0.437. The molecule has 2 heterocycles. The second-order valence-corrected chi connectivity index (χ2v) is 6.27. The molecule has 7 heteroatoms. The lowest BCUT2D eigenvalue weighted by Crippen LogP contribution is -2.40. The molecular weight excluding hydrogens is 304 g/mol. The summed E-state index contributed by atoms with van der Waals surface area (Å²) in [6.45, 7) is 5.18. The number of fused-ring (bicyclic) bond motifs is 1. The van der Waals surface area contributed by atoms with Crippen LogP contribution in [-0.2, 0) is 11.3 Å². The van der Waals surface area contributed by atoms with Crippen LogP contribution in [0.15, 0.2) is 29.4 Å². The molecule has 2 aromatic heterocycles. The first-order valence-corrected chi connectivity index (χ1v) is 8.57. The number of pyridine rings is 1. The zero-order valence-corrected chi connectivity index (χ0v) is 14.5. The number of aliphatic imine (C=N–C) groups is 1. The molecule has 24 heavy (non-hydrogen) atoms. The van der Waals surface area contributed by atoms with E-state index >= 15 is 0 Å². The molecule has 0 bridgehead atoms. The van der Waals surface area contributed by atoms with Gasteiger partial charge in [-0.05, 0) is 43.7 Å². The molecule has 1 aliphatic carbocycles. The molecule has 0 spiro atoms. The number of hydrogen-bond acceptors (Lipinski definition) is 4. The maximum absolute atomic E-state index is 5.49.